The fourth-order valence-electron chi connectivity index (χ4n) is 2.61. The minimum absolute atomic E-state index is 0.0599. The molecule has 0 saturated carbocycles. The van der Waals surface area contributed by atoms with Crippen LogP contribution in [0.1, 0.15) is 29.8 Å². The van der Waals surface area contributed by atoms with Crippen LogP contribution >= 0.6 is 0 Å². The van der Waals surface area contributed by atoms with Gasteiger partial charge in [-0.25, -0.2) is 4.39 Å². The summed E-state index contributed by atoms with van der Waals surface area (Å²) in [5.41, 5.74) is 7.19. The van der Waals surface area contributed by atoms with Gasteiger partial charge in [0.1, 0.15) is 12.4 Å². The van der Waals surface area contributed by atoms with E-state index in [0.29, 0.717) is 48.6 Å². The zero-order valence-corrected chi connectivity index (χ0v) is 15.3. The number of nitrogens with zero attached hydrogens (tertiary/aromatic N) is 1. The Bertz CT molecular complexity index is 689. The Morgan fingerprint density at radius 2 is 2.23 bits per heavy atom. The van der Waals surface area contributed by atoms with Crippen molar-refractivity contribution in [1.29, 1.82) is 0 Å². The number of halogens is 1. The highest BCUT2D eigenvalue weighted by Crippen LogP contribution is 2.24. The lowest BCUT2D eigenvalue weighted by molar-refractivity contribution is -0.122. The van der Waals surface area contributed by atoms with Crippen LogP contribution in [-0.4, -0.2) is 49.5 Å². The number of hydrogen-bond donors (Lipinski definition) is 2. The fourth-order valence-corrected chi connectivity index (χ4v) is 2.61. The van der Waals surface area contributed by atoms with Crippen LogP contribution in [0, 0.1) is 5.92 Å². The molecule has 142 valence electrons. The van der Waals surface area contributed by atoms with Crippen LogP contribution < -0.4 is 15.8 Å². The highest BCUT2D eigenvalue weighted by Gasteiger charge is 2.26. The average molecular weight is 363 g/mol. The summed E-state index contributed by atoms with van der Waals surface area (Å²) in [6, 6.07) is 5.15. The molecule has 0 saturated heterocycles. The number of rotatable bonds is 8. The molecular weight excluding hydrogens is 337 g/mol. The number of benzene rings is 1. The maximum absolute atomic E-state index is 12.6. The second-order valence-corrected chi connectivity index (χ2v) is 6.75. The van der Waals surface area contributed by atoms with Gasteiger partial charge in [-0.15, -0.1) is 0 Å². The molecule has 0 radical (unpaired) electrons. The van der Waals surface area contributed by atoms with Crippen LogP contribution in [0.3, 0.4) is 0 Å². The van der Waals surface area contributed by atoms with Gasteiger partial charge in [-0.05, 0) is 36.1 Å². The highest BCUT2D eigenvalue weighted by atomic mass is 19.1. The van der Waals surface area contributed by atoms with E-state index in [4.69, 9.17) is 10.5 Å². The van der Waals surface area contributed by atoms with Gasteiger partial charge < -0.3 is 20.7 Å². The monoisotopic (exact) mass is 363 g/mol. The molecule has 0 spiro atoms. The summed E-state index contributed by atoms with van der Waals surface area (Å²) in [6.07, 6.45) is 1.09. The SMILES string of the molecule is CC(C)CNC(=O)CN1CCc2cc(OC/C(=C\F)CN)ccc2C1=O. The van der Waals surface area contributed by atoms with Gasteiger partial charge in [0, 0.05) is 30.8 Å². The molecular formula is C19H26FN3O3. The third kappa shape index (κ3) is 5.29. The number of hydrogen-bond acceptors (Lipinski definition) is 4. The minimum Gasteiger partial charge on any atom is -0.489 e. The maximum Gasteiger partial charge on any atom is 0.254 e. The topological polar surface area (TPSA) is 84.7 Å². The van der Waals surface area contributed by atoms with Gasteiger partial charge >= 0.3 is 0 Å². The molecule has 0 bridgehead atoms. The van der Waals surface area contributed by atoms with Crippen molar-refractivity contribution < 1.29 is 18.7 Å². The van der Waals surface area contributed by atoms with Crippen molar-refractivity contribution in [2.24, 2.45) is 11.7 Å². The largest absolute Gasteiger partial charge is 0.489 e. The lowest BCUT2D eigenvalue weighted by Gasteiger charge is -2.28. The Labute approximate surface area is 153 Å². The van der Waals surface area contributed by atoms with Gasteiger partial charge in [0.15, 0.2) is 0 Å². The highest BCUT2D eigenvalue weighted by molar-refractivity contribution is 5.98. The van der Waals surface area contributed by atoms with Crippen molar-refractivity contribution in [1.82, 2.24) is 10.2 Å². The molecule has 7 heteroatoms. The van der Waals surface area contributed by atoms with Crippen LogP contribution in [0.25, 0.3) is 0 Å². The average Bonchev–Trinajstić information content (AvgIpc) is 2.63. The second-order valence-electron chi connectivity index (χ2n) is 6.75. The van der Waals surface area contributed by atoms with Crippen LogP contribution in [0.2, 0.25) is 0 Å². The molecule has 1 aliphatic heterocycles. The first-order valence-corrected chi connectivity index (χ1v) is 8.74. The molecule has 2 amide bonds. The summed E-state index contributed by atoms with van der Waals surface area (Å²) in [7, 11) is 0. The van der Waals surface area contributed by atoms with Gasteiger partial charge in [0.05, 0.1) is 12.9 Å². The van der Waals surface area contributed by atoms with E-state index in [1.54, 1.807) is 23.1 Å². The zero-order chi connectivity index (χ0) is 19.1. The van der Waals surface area contributed by atoms with E-state index in [1.807, 2.05) is 13.8 Å². The Morgan fingerprint density at radius 3 is 2.88 bits per heavy atom. The summed E-state index contributed by atoms with van der Waals surface area (Å²) < 4.78 is 18.0. The first-order chi connectivity index (χ1) is 12.4. The van der Waals surface area contributed by atoms with E-state index in [1.165, 1.54) is 0 Å². The van der Waals surface area contributed by atoms with Gasteiger partial charge in [-0.2, -0.15) is 0 Å². The van der Waals surface area contributed by atoms with Crippen LogP contribution in [0.5, 0.6) is 5.75 Å². The molecule has 0 unspecified atom stereocenters. The van der Waals surface area contributed by atoms with Crippen molar-refractivity contribution in [3.05, 3.63) is 41.2 Å². The van der Waals surface area contributed by atoms with Crippen molar-refractivity contribution in [2.45, 2.75) is 20.3 Å². The molecule has 1 aliphatic rings. The number of nitrogens with one attached hydrogen (secondary N) is 1. The predicted octanol–water partition coefficient (Wildman–Crippen LogP) is 1.65. The van der Waals surface area contributed by atoms with Gasteiger partial charge in [0.2, 0.25) is 5.91 Å². The number of fused-ring (bicyclic) bond motifs is 1. The number of amides is 2. The molecule has 1 heterocycles. The Hall–Kier alpha value is -2.41. The Balaban J connectivity index is 1.98. The van der Waals surface area contributed by atoms with Gasteiger partial charge in [-0.1, -0.05) is 13.8 Å². The fraction of sp³-hybridized carbons (Fsp3) is 0.474. The van der Waals surface area contributed by atoms with Crippen molar-refractivity contribution >= 4 is 11.8 Å². The van der Waals surface area contributed by atoms with Crippen molar-refractivity contribution in [3.8, 4) is 5.75 Å². The molecule has 2 rings (SSSR count). The van der Waals surface area contributed by atoms with E-state index in [-0.39, 0.29) is 31.5 Å². The molecule has 1 aromatic rings. The molecule has 1 aromatic carbocycles. The summed E-state index contributed by atoms with van der Waals surface area (Å²) >= 11 is 0. The molecule has 0 aromatic heterocycles. The lowest BCUT2D eigenvalue weighted by Crippen LogP contribution is -2.44. The summed E-state index contributed by atoms with van der Waals surface area (Å²) in [4.78, 5) is 26.1. The molecule has 6 nitrogen and oxygen atoms in total. The third-order valence-electron chi connectivity index (χ3n) is 4.13. The summed E-state index contributed by atoms with van der Waals surface area (Å²) in [6.45, 7) is 5.32. The van der Waals surface area contributed by atoms with Gasteiger partial charge in [0.25, 0.3) is 5.91 Å². The van der Waals surface area contributed by atoms with Crippen molar-refractivity contribution in [3.63, 3.8) is 0 Å². The third-order valence-corrected chi connectivity index (χ3v) is 4.13. The number of carbonyl (C=O) groups excluding carboxylic acids is 2. The van der Waals surface area contributed by atoms with E-state index >= 15 is 0 Å². The Kier molecular flexibility index (Phi) is 7.15. The van der Waals surface area contributed by atoms with E-state index in [9.17, 15) is 14.0 Å². The minimum atomic E-state index is -0.163. The number of ether oxygens (including phenoxy) is 1. The van der Waals surface area contributed by atoms with Gasteiger partial charge in [-0.3, -0.25) is 9.59 Å². The van der Waals surface area contributed by atoms with E-state index in [2.05, 4.69) is 5.32 Å². The standard InChI is InChI=1S/C19H26FN3O3/c1-13(2)10-22-18(24)11-23-6-5-15-7-16(3-4-17(15)19(23)25)26-12-14(8-20)9-21/h3-4,7-8,13H,5-6,9-12,21H2,1-2H3,(H,22,24)/b14-8-. The van der Waals surface area contributed by atoms with Crippen LogP contribution in [0.4, 0.5) is 4.39 Å². The van der Waals surface area contributed by atoms with Crippen LogP contribution in [-0.2, 0) is 11.2 Å². The lowest BCUT2D eigenvalue weighted by atomic mass is 9.98. The zero-order valence-electron chi connectivity index (χ0n) is 15.3. The first-order valence-electron chi connectivity index (χ1n) is 8.74. The number of carbonyl (C=O) groups is 2. The quantitative estimate of drug-likeness (QED) is 0.735. The van der Waals surface area contributed by atoms with E-state index in [0.717, 1.165) is 5.56 Å². The van der Waals surface area contributed by atoms with Crippen molar-refractivity contribution in [2.75, 3.05) is 32.8 Å². The molecule has 26 heavy (non-hydrogen) atoms. The van der Waals surface area contributed by atoms with E-state index < -0.39 is 0 Å². The maximum atomic E-state index is 12.6. The summed E-state index contributed by atoms with van der Waals surface area (Å²) in [5.74, 6) is 0.612. The second kappa shape index (κ2) is 9.33. The molecule has 3 N–H and O–H groups in total. The smallest absolute Gasteiger partial charge is 0.254 e. The molecule has 0 fully saturated rings. The van der Waals surface area contributed by atoms with Crippen LogP contribution in [0.15, 0.2) is 30.1 Å². The Morgan fingerprint density at radius 1 is 1.46 bits per heavy atom. The normalized spacial score (nSPS) is 14.4. The number of nitrogens with two attached hydrogens (primary N) is 1. The molecule has 0 atom stereocenters. The molecule has 0 aliphatic carbocycles. The first kappa shape index (κ1) is 19.9. The summed E-state index contributed by atoms with van der Waals surface area (Å²) in [5, 5.41) is 2.82. The predicted molar refractivity (Wildman–Crippen MR) is 97.6 cm³/mol.